The van der Waals surface area contributed by atoms with Crippen LogP contribution in [0.25, 0.3) is 72.1 Å². The van der Waals surface area contributed by atoms with E-state index < -0.39 is 8.07 Å². The third kappa shape index (κ3) is 5.22. The van der Waals surface area contributed by atoms with Gasteiger partial charge in [0.15, 0.2) is 8.07 Å². The lowest BCUT2D eigenvalue weighted by atomic mass is 9.99. The zero-order valence-electron chi connectivity index (χ0n) is 34.4. The minimum absolute atomic E-state index is 0.905. The van der Waals surface area contributed by atoms with E-state index in [0.717, 1.165) is 33.9 Å². The normalized spacial score (nSPS) is 13.2. The number of rotatable bonds is 5. The van der Waals surface area contributed by atoms with E-state index in [9.17, 15) is 0 Å². The summed E-state index contributed by atoms with van der Waals surface area (Å²) in [6.07, 6.45) is 0. The minimum atomic E-state index is -2.93. The van der Waals surface area contributed by atoms with Crippen LogP contribution in [0.1, 0.15) is 0 Å². The first-order chi connectivity index (χ1) is 31.3. The molecule has 2 aliphatic rings. The second-order valence-corrected chi connectivity index (χ2v) is 20.3. The van der Waals surface area contributed by atoms with Gasteiger partial charge in [0.1, 0.15) is 5.82 Å². The van der Waals surface area contributed by atoms with Crippen LogP contribution in [0.2, 0.25) is 0 Å². The monoisotopic (exact) mass is 817 g/mol. The van der Waals surface area contributed by atoms with Gasteiger partial charge >= 0.3 is 0 Å². The Morgan fingerprint density at radius 1 is 0.365 bits per heavy atom. The summed E-state index contributed by atoms with van der Waals surface area (Å²) in [4.78, 5) is 7.96. The van der Waals surface area contributed by atoms with E-state index >= 15 is 0 Å². The lowest BCUT2D eigenvalue weighted by molar-refractivity contribution is 1.18. The molecular formula is C59H39N3Si. The van der Waals surface area contributed by atoms with Crippen LogP contribution in [0.3, 0.4) is 0 Å². The van der Waals surface area contributed by atoms with E-state index in [1.807, 2.05) is 0 Å². The first kappa shape index (κ1) is 35.7. The Balaban J connectivity index is 1.07. The quantitative estimate of drug-likeness (QED) is 0.161. The van der Waals surface area contributed by atoms with Crippen molar-refractivity contribution in [2.45, 2.75) is 0 Å². The van der Waals surface area contributed by atoms with Crippen molar-refractivity contribution >= 4 is 67.8 Å². The van der Waals surface area contributed by atoms with Gasteiger partial charge in [-0.3, -0.25) is 4.90 Å². The van der Waals surface area contributed by atoms with Crippen LogP contribution in [-0.2, 0) is 0 Å². The summed E-state index contributed by atoms with van der Waals surface area (Å²) >= 11 is 0. The second-order valence-electron chi connectivity index (χ2n) is 16.6. The van der Waals surface area contributed by atoms with Gasteiger partial charge in [-0.15, -0.1) is 0 Å². The fourth-order valence-corrected chi connectivity index (χ4v) is 16.3. The number of para-hydroxylation sites is 3. The maximum Gasteiger partial charge on any atom is 0.185 e. The molecule has 4 heterocycles. The fraction of sp³-hybridized carbons (Fsp3) is 0. The number of aromatic nitrogens is 2. The average Bonchev–Trinajstić information content (AvgIpc) is 3.86. The van der Waals surface area contributed by atoms with Gasteiger partial charge in [0.25, 0.3) is 0 Å². The first-order valence-corrected chi connectivity index (χ1v) is 23.7. The SMILES string of the molecule is c1ccc(-c2ccc(-n3c4ccccc4c4c5c(ccc43)[Si]3(c4ccccc4-5)c4ccccc4N(c4cc(-c5ccccc5)cc(-c5ccccc5)n4)c4ccccc43)cc2)cc1. The largest absolute Gasteiger partial charge is 0.309 e. The number of hydrogen-bond acceptors (Lipinski definition) is 2. The lowest BCUT2D eigenvalue weighted by Crippen LogP contribution is -2.75. The number of pyridine rings is 1. The molecule has 13 rings (SSSR count). The zero-order chi connectivity index (χ0) is 41.5. The highest BCUT2D eigenvalue weighted by atomic mass is 28.3. The molecule has 0 bridgehead atoms. The summed E-state index contributed by atoms with van der Waals surface area (Å²) in [5.41, 5.74) is 15.4. The molecule has 0 saturated heterocycles. The maximum absolute atomic E-state index is 5.52. The van der Waals surface area contributed by atoms with Gasteiger partial charge in [0.2, 0.25) is 0 Å². The van der Waals surface area contributed by atoms with Crippen molar-refractivity contribution in [2.24, 2.45) is 0 Å². The molecule has 63 heavy (non-hydrogen) atoms. The van der Waals surface area contributed by atoms with Gasteiger partial charge in [0, 0.05) is 33.4 Å². The summed E-state index contributed by atoms with van der Waals surface area (Å²) in [6.45, 7) is 0. The average molecular weight is 818 g/mol. The van der Waals surface area contributed by atoms with Crippen LogP contribution in [0.15, 0.2) is 237 Å². The number of fused-ring (bicyclic) bond motifs is 13. The number of benzene rings is 9. The Bertz CT molecular complexity index is 3450. The minimum Gasteiger partial charge on any atom is -0.309 e. The number of anilines is 3. The van der Waals surface area contributed by atoms with Crippen LogP contribution in [0, 0.1) is 0 Å². The first-order valence-electron chi connectivity index (χ1n) is 21.7. The predicted molar refractivity (Wildman–Crippen MR) is 266 cm³/mol. The highest BCUT2D eigenvalue weighted by Crippen LogP contribution is 2.46. The van der Waals surface area contributed by atoms with Crippen molar-refractivity contribution in [3.05, 3.63) is 237 Å². The summed E-state index contributed by atoms with van der Waals surface area (Å²) in [5.74, 6) is 0.905. The predicted octanol–water partition coefficient (Wildman–Crippen LogP) is 12.3. The smallest absolute Gasteiger partial charge is 0.185 e. The Kier molecular flexibility index (Phi) is 7.93. The highest BCUT2D eigenvalue weighted by Gasteiger charge is 2.54. The van der Waals surface area contributed by atoms with Crippen LogP contribution in [0.5, 0.6) is 0 Å². The van der Waals surface area contributed by atoms with E-state index in [1.54, 1.807) is 0 Å². The molecule has 1 spiro atoms. The topological polar surface area (TPSA) is 21.1 Å². The van der Waals surface area contributed by atoms with E-state index in [1.165, 1.54) is 76.2 Å². The standard InChI is InChI=1S/C59H39N3Si/c1-4-18-40(19-5-1)42-32-34-45(35-33-42)61-49-26-12-10-24-46(49)58-52(61)36-37-56-59(58)47-25-11-15-29-53(47)63(56)54-30-16-13-27-50(54)62(51-28-14-17-31-55(51)63)57-39-44(41-20-6-2-7-21-41)38-48(60-57)43-22-8-3-9-23-43/h1-39H. The molecule has 2 aliphatic heterocycles. The Labute approximate surface area is 367 Å². The molecule has 3 nitrogen and oxygen atoms in total. The molecular weight excluding hydrogens is 779 g/mol. The molecule has 0 atom stereocenters. The molecule has 11 aromatic rings. The Morgan fingerprint density at radius 3 is 1.59 bits per heavy atom. The lowest BCUT2D eigenvalue weighted by Gasteiger charge is -2.43. The van der Waals surface area contributed by atoms with E-state index in [2.05, 4.69) is 246 Å². The van der Waals surface area contributed by atoms with Gasteiger partial charge in [-0.2, -0.15) is 0 Å². The third-order valence-electron chi connectivity index (χ3n) is 13.4. The van der Waals surface area contributed by atoms with Gasteiger partial charge in [-0.1, -0.05) is 188 Å². The van der Waals surface area contributed by atoms with Gasteiger partial charge in [-0.05, 0) is 103 Å². The summed E-state index contributed by atoms with van der Waals surface area (Å²) in [7, 11) is -2.93. The van der Waals surface area contributed by atoms with E-state index in [0.29, 0.717) is 0 Å². The van der Waals surface area contributed by atoms with Crippen molar-refractivity contribution in [3.8, 4) is 50.3 Å². The number of nitrogens with zero attached hydrogens (tertiary/aromatic N) is 3. The van der Waals surface area contributed by atoms with Gasteiger partial charge < -0.3 is 4.57 Å². The van der Waals surface area contributed by atoms with Crippen LogP contribution in [0.4, 0.5) is 17.2 Å². The molecule has 4 heteroatoms. The summed E-state index contributed by atoms with van der Waals surface area (Å²) < 4.78 is 2.47. The van der Waals surface area contributed by atoms with Crippen molar-refractivity contribution in [3.63, 3.8) is 0 Å². The van der Waals surface area contributed by atoms with Crippen molar-refractivity contribution < 1.29 is 0 Å². The summed E-state index contributed by atoms with van der Waals surface area (Å²) in [6, 6.07) is 87.0. The fourth-order valence-electron chi connectivity index (χ4n) is 10.8. The van der Waals surface area contributed by atoms with Gasteiger partial charge in [0.05, 0.1) is 16.7 Å². The second kappa shape index (κ2) is 14.0. The van der Waals surface area contributed by atoms with E-state index in [-0.39, 0.29) is 0 Å². The molecule has 0 aliphatic carbocycles. The highest BCUT2D eigenvalue weighted by molar-refractivity contribution is 7.23. The molecule has 0 amide bonds. The molecule has 0 unspecified atom stereocenters. The molecule has 0 saturated carbocycles. The van der Waals surface area contributed by atoms with Gasteiger partial charge in [-0.25, -0.2) is 4.98 Å². The van der Waals surface area contributed by atoms with Crippen molar-refractivity contribution in [2.75, 3.05) is 4.90 Å². The van der Waals surface area contributed by atoms with Crippen LogP contribution < -0.4 is 25.6 Å². The number of hydrogen-bond donors (Lipinski definition) is 0. The maximum atomic E-state index is 5.52. The molecule has 0 radical (unpaired) electrons. The molecule has 9 aromatic carbocycles. The van der Waals surface area contributed by atoms with Crippen LogP contribution >= 0.6 is 0 Å². The Morgan fingerprint density at radius 2 is 0.905 bits per heavy atom. The van der Waals surface area contributed by atoms with Crippen molar-refractivity contribution in [1.82, 2.24) is 9.55 Å². The zero-order valence-corrected chi connectivity index (χ0v) is 35.4. The third-order valence-corrected chi connectivity index (χ3v) is 18.3. The summed E-state index contributed by atoms with van der Waals surface area (Å²) in [5, 5.41) is 8.22. The molecule has 0 fully saturated rings. The van der Waals surface area contributed by atoms with E-state index in [4.69, 9.17) is 4.98 Å². The molecule has 2 aromatic heterocycles. The van der Waals surface area contributed by atoms with Crippen LogP contribution in [-0.4, -0.2) is 17.6 Å². The van der Waals surface area contributed by atoms with Crippen molar-refractivity contribution in [1.29, 1.82) is 0 Å². The molecule has 0 N–H and O–H groups in total. The molecule has 294 valence electrons. The Hall–Kier alpha value is -8.05.